The molecule has 0 heterocycles. The van der Waals surface area contributed by atoms with Crippen LogP contribution in [0.25, 0.3) is 0 Å². The number of ether oxygens (including phenoxy) is 1. The van der Waals surface area contributed by atoms with Crippen molar-refractivity contribution in [3.8, 4) is 5.75 Å². The van der Waals surface area contributed by atoms with Crippen LogP contribution in [0.4, 0.5) is 4.39 Å². The first-order valence-corrected chi connectivity index (χ1v) is 7.29. The fourth-order valence-corrected chi connectivity index (χ4v) is 2.59. The van der Waals surface area contributed by atoms with Gasteiger partial charge >= 0.3 is 0 Å². The topological polar surface area (TPSA) is 21.3 Å². The number of hydrogen-bond acceptors (Lipinski definition) is 2. The van der Waals surface area contributed by atoms with Crippen molar-refractivity contribution in [3.05, 3.63) is 64.4 Å². The van der Waals surface area contributed by atoms with E-state index in [-0.39, 0.29) is 18.0 Å². The molecule has 0 aliphatic heterocycles. The fraction of sp³-hybridized carbons (Fsp3) is 0.294. The van der Waals surface area contributed by atoms with Crippen molar-refractivity contribution in [2.45, 2.75) is 26.0 Å². The quantitative estimate of drug-likeness (QED) is 0.873. The Labute approximate surface area is 129 Å². The Morgan fingerprint density at radius 2 is 1.81 bits per heavy atom. The lowest BCUT2D eigenvalue weighted by Crippen LogP contribution is -2.21. The molecule has 0 spiro atoms. The van der Waals surface area contributed by atoms with E-state index in [4.69, 9.17) is 16.3 Å². The van der Waals surface area contributed by atoms with Crippen LogP contribution < -0.4 is 10.1 Å². The third-order valence-electron chi connectivity index (χ3n) is 3.17. The van der Waals surface area contributed by atoms with Crippen LogP contribution in [0.3, 0.4) is 0 Å². The van der Waals surface area contributed by atoms with Gasteiger partial charge in [-0.1, -0.05) is 35.9 Å². The van der Waals surface area contributed by atoms with Crippen molar-refractivity contribution in [3.63, 3.8) is 0 Å². The first-order chi connectivity index (χ1) is 10.0. The maximum Gasteiger partial charge on any atom is 0.129 e. The summed E-state index contributed by atoms with van der Waals surface area (Å²) < 4.78 is 20.0. The zero-order valence-electron chi connectivity index (χ0n) is 12.4. The highest BCUT2D eigenvalue weighted by Crippen LogP contribution is 2.35. The van der Waals surface area contributed by atoms with Gasteiger partial charge in [0.2, 0.25) is 0 Å². The van der Waals surface area contributed by atoms with Crippen molar-refractivity contribution in [2.75, 3.05) is 7.05 Å². The Morgan fingerprint density at radius 1 is 1.10 bits per heavy atom. The standard InChI is InChI=1S/C17H19ClFNO/c1-11(2)21-15-10-5-4-7-12(15)17(20-3)16-13(18)8-6-9-14(16)19/h4-11,17,20H,1-3H3. The highest BCUT2D eigenvalue weighted by Gasteiger charge is 2.22. The molecular formula is C17H19ClFNO. The lowest BCUT2D eigenvalue weighted by Gasteiger charge is -2.23. The molecule has 0 aliphatic rings. The molecule has 1 atom stereocenters. The van der Waals surface area contributed by atoms with Gasteiger partial charge in [-0.15, -0.1) is 0 Å². The van der Waals surface area contributed by atoms with Gasteiger partial charge in [-0.05, 0) is 39.1 Å². The van der Waals surface area contributed by atoms with Crippen LogP contribution in [-0.2, 0) is 0 Å². The predicted molar refractivity (Wildman–Crippen MR) is 84.5 cm³/mol. The summed E-state index contributed by atoms with van der Waals surface area (Å²) in [7, 11) is 1.78. The van der Waals surface area contributed by atoms with Gasteiger partial charge in [-0.25, -0.2) is 4.39 Å². The number of benzene rings is 2. The van der Waals surface area contributed by atoms with Crippen LogP contribution in [0.2, 0.25) is 5.02 Å². The molecule has 1 unspecified atom stereocenters. The molecule has 0 radical (unpaired) electrons. The van der Waals surface area contributed by atoms with Gasteiger partial charge in [0.25, 0.3) is 0 Å². The minimum atomic E-state index is -0.367. The zero-order valence-corrected chi connectivity index (χ0v) is 13.1. The molecule has 2 nitrogen and oxygen atoms in total. The van der Waals surface area contributed by atoms with Crippen LogP contribution in [0.15, 0.2) is 42.5 Å². The molecule has 0 aliphatic carbocycles. The van der Waals surface area contributed by atoms with Crippen molar-refractivity contribution < 1.29 is 9.13 Å². The molecule has 0 amide bonds. The Hall–Kier alpha value is -1.58. The van der Waals surface area contributed by atoms with Crippen molar-refractivity contribution >= 4 is 11.6 Å². The molecule has 2 aromatic rings. The van der Waals surface area contributed by atoms with Gasteiger partial charge in [0.15, 0.2) is 0 Å². The Balaban J connectivity index is 2.52. The highest BCUT2D eigenvalue weighted by molar-refractivity contribution is 6.31. The van der Waals surface area contributed by atoms with Gasteiger partial charge in [-0.3, -0.25) is 0 Å². The Bertz CT molecular complexity index is 595. The van der Waals surface area contributed by atoms with E-state index in [2.05, 4.69) is 5.32 Å². The maximum atomic E-state index is 14.2. The van der Waals surface area contributed by atoms with Gasteiger partial charge in [-0.2, -0.15) is 0 Å². The van der Waals surface area contributed by atoms with E-state index in [9.17, 15) is 4.39 Å². The van der Waals surface area contributed by atoms with Crippen molar-refractivity contribution in [1.82, 2.24) is 5.32 Å². The summed E-state index contributed by atoms with van der Waals surface area (Å²) in [6.07, 6.45) is 0.0414. The third kappa shape index (κ3) is 3.55. The van der Waals surface area contributed by atoms with Crippen LogP contribution in [0, 0.1) is 5.82 Å². The first-order valence-electron chi connectivity index (χ1n) is 6.91. The largest absolute Gasteiger partial charge is 0.491 e. The molecule has 2 rings (SSSR count). The van der Waals surface area contributed by atoms with E-state index in [0.717, 1.165) is 11.3 Å². The van der Waals surface area contributed by atoms with Gasteiger partial charge in [0.1, 0.15) is 11.6 Å². The van der Waals surface area contributed by atoms with E-state index in [1.165, 1.54) is 6.07 Å². The number of para-hydroxylation sites is 1. The van der Waals surface area contributed by atoms with Crippen LogP contribution in [0.5, 0.6) is 5.75 Å². The second-order valence-electron chi connectivity index (χ2n) is 5.06. The molecule has 4 heteroatoms. The lowest BCUT2D eigenvalue weighted by molar-refractivity contribution is 0.238. The van der Waals surface area contributed by atoms with Crippen molar-refractivity contribution in [2.24, 2.45) is 0 Å². The van der Waals surface area contributed by atoms with E-state index >= 15 is 0 Å². The summed E-state index contributed by atoms with van der Waals surface area (Å²) in [6, 6.07) is 11.9. The summed E-state index contributed by atoms with van der Waals surface area (Å²) in [4.78, 5) is 0. The minimum Gasteiger partial charge on any atom is -0.491 e. The number of hydrogen-bond donors (Lipinski definition) is 1. The zero-order chi connectivity index (χ0) is 15.4. The molecule has 2 aromatic carbocycles. The van der Waals surface area contributed by atoms with Crippen LogP contribution in [-0.4, -0.2) is 13.2 Å². The first kappa shape index (κ1) is 15.8. The van der Waals surface area contributed by atoms with Gasteiger partial charge in [0.05, 0.1) is 12.1 Å². The number of nitrogens with one attached hydrogen (secondary N) is 1. The second kappa shape index (κ2) is 6.92. The normalized spacial score (nSPS) is 12.5. The summed E-state index contributed by atoms with van der Waals surface area (Å²) in [6.45, 7) is 3.92. The molecular weight excluding hydrogens is 289 g/mol. The molecule has 112 valence electrons. The SMILES string of the molecule is CNC(c1ccccc1OC(C)C)c1c(F)cccc1Cl. The van der Waals surface area contributed by atoms with Gasteiger partial charge in [0, 0.05) is 16.1 Å². The monoisotopic (exact) mass is 307 g/mol. The summed E-state index contributed by atoms with van der Waals surface area (Å²) in [5.41, 5.74) is 1.29. The minimum absolute atomic E-state index is 0.0414. The molecule has 0 aromatic heterocycles. The fourth-order valence-electron chi connectivity index (χ4n) is 2.32. The second-order valence-corrected chi connectivity index (χ2v) is 5.47. The summed E-state index contributed by atoms with van der Waals surface area (Å²) in [5.74, 6) is 0.396. The van der Waals surface area contributed by atoms with Crippen LogP contribution >= 0.6 is 11.6 Å². The number of rotatable bonds is 5. The van der Waals surface area contributed by atoms with E-state index in [0.29, 0.717) is 10.6 Å². The van der Waals surface area contributed by atoms with Crippen molar-refractivity contribution in [1.29, 1.82) is 0 Å². The average Bonchev–Trinajstić information content (AvgIpc) is 2.43. The van der Waals surface area contributed by atoms with Gasteiger partial charge < -0.3 is 10.1 Å². The van der Waals surface area contributed by atoms with E-state index < -0.39 is 0 Å². The summed E-state index contributed by atoms with van der Waals surface area (Å²) in [5, 5.41) is 3.52. The number of halogens is 2. The van der Waals surface area contributed by atoms with E-state index in [1.54, 1.807) is 19.2 Å². The third-order valence-corrected chi connectivity index (χ3v) is 3.50. The molecule has 1 N–H and O–H groups in total. The highest BCUT2D eigenvalue weighted by atomic mass is 35.5. The average molecular weight is 308 g/mol. The predicted octanol–water partition coefficient (Wildman–Crippen LogP) is 4.58. The van der Waals surface area contributed by atoms with Crippen LogP contribution in [0.1, 0.15) is 31.0 Å². The lowest BCUT2D eigenvalue weighted by atomic mass is 9.97. The molecule has 0 saturated heterocycles. The smallest absolute Gasteiger partial charge is 0.129 e. The molecule has 21 heavy (non-hydrogen) atoms. The molecule has 0 saturated carbocycles. The Kier molecular flexibility index (Phi) is 5.21. The van der Waals surface area contributed by atoms with E-state index in [1.807, 2.05) is 38.1 Å². The maximum absolute atomic E-state index is 14.2. The summed E-state index contributed by atoms with van der Waals surface area (Å²) >= 11 is 6.19. The molecule has 0 fully saturated rings. The Morgan fingerprint density at radius 3 is 2.43 bits per heavy atom. The molecule has 0 bridgehead atoms.